The summed E-state index contributed by atoms with van der Waals surface area (Å²) in [6, 6.07) is 24.9. The number of fused-ring (bicyclic) bond motifs is 1. The molecule has 4 aliphatic heterocycles. The van der Waals surface area contributed by atoms with E-state index >= 15 is 4.39 Å². The van der Waals surface area contributed by atoms with Crippen molar-refractivity contribution in [2.75, 3.05) is 125 Å². The van der Waals surface area contributed by atoms with Crippen molar-refractivity contribution >= 4 is 40.5 Å². The molecule has 20 heteroatoms. The molecule has 4 aliphatic rings. The number of amides is 5. The molecule has 4 saturated heterocycles. The van der Waals surface area contributed by atoms with Crippen molar-refractivity contribution in [2.45, 2.75) is 77.9 Å². The van der Waals surface area contributed by atoms with Crippen molar-refractivity contribution < 1.29 is 47.3 Å². The number of methoxy groups -OCH3 is 1. The molecule has 4 aromatic carbocycles. The number of aromatic amines is 1. The molecule has 5 heterocycles. The van der Waals surface area contributed by atoms with Crippen LogP contribution in [0.25, 0.3) is 10.8 Å². The highest BCUT2D eigenvalue weighted by atomic mass is 19.1. The number of carbonyl (C=O) groups excluding carboxylic acids is 5. The molecule has 0 aliphatic carbocycles. The van der Waals surface area contributed by atoms with Gasteiger partial charge < -0.3 is 43.4 Å². The number of hydrogen-bond donors (Lipinski definition) is 1. The summed E-state index contributed by atoms with van der Waals surface area (Å²) in [5, 5.41) is 7.96. The van der Waals surface area contributed by atoms with E-state index in [9.17, 15) is 28.8 Å². The Morgan fingerprint density at radius 3 is 2.20 bits per heavy atom. The Labute approximate surface area is 485 Å². The van der Waals surface area contributed by atoms with E-state index in [1.807, 2.05) is 59.2 Å². The molecule has 444 valence electrons. The SMILES string of the molecule is CCOc1cc(OC)ccc1CN(CC(=O)N1CCCC(c2cccc(C(=O)N3CCN(CC4CCN(CCOCC(=O)N5CCN(C(=O)c6cc(Cc7n[nH]c(=O)c8ccccc78)ccc6F)CC5)CC4)CC3)c2)C1)C(=O)OC(C)(C)C. The number of halogens is 1. The van der Waals surface area contributed by atoms with Gasteiger partial charge in [0.15, 0.2) is 0 Å². The molecule has 83 heavy (non-hydrogen) atoms. The van der Waals surface area contributed by atoms with Crippen molar-refractivity contribution in [2.24, 2.45) is 5.92 Å². The van der Waals surface area contributed by atoms with Crippen LogP contribution in [0.2, 0.25) is 0 Å². The second kappa shape index (κ2) is 27.8. The van der Waals surface area contributed by atoms with Crippen LogP contribution in [0.1, 0.15) is 102 Å². The molecule has 1 atom stereocenters. The van der Waals surface area contributed by atoms with Gasteiger partial charge in [-0.2, -0.15) is 5.10 Å². The summed E-state index contributed by atoms with van der Waals surface area (Å²) < 4.78 is 38.0. The van der Waals surface area contributed by atoms with E-state index in [-0.39, 0.29) is 67.5 Å². The molecular formula is C63H80FN9O10. The van der Waals surface area contributed by atoms with Crippen LogP contribution in [0.5, 0.6) is 11.5 Å². The standard InChI is InChI=1S/C63H80FN9O10/c1-6-82-56-38-50(80-5)18-17-49(56)41-73(62(79)83-63(2,3)4)42-57(74)72-22-10-13-48(40-72)46-11-9-12-47(37-46)60(77)70-27-25-68(26-28-70)39-44-20-23-67(24-21-44)33-34-81-43-58(75)69-29-31-71(32-30-69)61(78)53-35-45(16-19-54(53)64)36-55-51-14-7-8-15-52(51)59(76)66-65-55/h7-9,11-12,14-19,35,37-38,44,48H,6,10,13,20-34,36,39-43H2,1-5H3,(H,66,76). The van der Waals surface area contributed by atoms with Gasteiger partial charge in [-0.15, -0.1) is 0 Å². The lowest BCUT2D eigenvalue weighted by Crippen LogP contribution is -2.51. The van der Waals surface area contributed by atoms with E-state index in [1.165, 1.54) is 11.0 Å². The van der Waals surface area contributed by atoms with Crippen LogP contribution in [0.15, 0.2) is 89.7 Å². The van der Waals surface area contributed by atoms with E-state index in [0.717, 1.165) is 76.1 Å². The average Bonchev–Trinajstić information content (AvgIpc) is 3.64. The maximum atomic E-state index is 15.1. The number of benzene rings is 4. The third-order valence-electron chi connectivity index (χ3n) is 16.3. The molecule has 5 aromatic rings. The minimum atomic E-state index is -0.759. The fourth-order valence-corrected chi connectivity index (χ4v) is 11.7. The van der Waals surface area contributed by atoms with E-state index in [1.54, 1.807) is 74.1 Å². The maximum Gasteiger partial charge on any atom is 0.411 e. The number of piperazine rings is 2. The molecular weight excluding hydrogens is 1060 g/mol. The molecule has 1 unspecified atom stereocenters. The maximum absolute atomic E-state index is 15.1. The van der Waals surface area contributed by atoms with Gasteiger partial charge in [-0.25, -0.2) is 14.3 Å². The minimum Gasteiger partial charge on any atom is -0.497 e. The van der Waals surface area contributed by atoms with E-state index in [2.05, 4.69) is 20.0 Å². The number of aromatic nitrogens is 2. The number of nitrogens with one attached hydrogen (secondary N) is 1. The van der Waals surface area contributed by atoms with Gasteiger partial charge in [-0.05, 0) is 126 Å². The van der Waals surface area contributed by atoms with Crippen molar-refractivity contribution in [1.82, 2.24) is 44.5 Å². The smallest absolute Gasteiger partial charge is 0.411 e. The predicted octanol–water partition coefficient (Wildman–Crippen LogP) is 6.67. The van der Waals surface area contributed by atoms with Gasteiger partial charge in [0.2, 0.25) is 11.8 Å². The van der Waals surface area contributed by atoms with Gasteiger partial charge in [-0.1, -0.05) is 36.4 Å². The Morgan fingerprint density at radius 2 is 1.47 bits per heavy atom. The molecule has 0 bridgehead atoms. The summed E-state index contributed by atoms with van der Waals surface area (Å²) in [6.45, 7) is 16.9. The number of rotatable bonds is 19. The Bertz CT molecular complexity index is 3140. The molecule has 0 saturated carbocycles. The van der Waals surface area contributed by atoms with Gasteiger partial charge in [0.05, 0.1) is 43.5 Å². The lowest BCUT2D eigenvalue weighted by Gasteiger charge is -2.39. The van der Waals surface area contributed by atoms with Crippen LogP contribution in [0.4, 0.5) is 9.18 Å². The topological polar surface area (TPSA) is 191 Å². The number of piperidine rings is 2. The Kier molecular flexibility index (Phi) is 20.1. The number of likely N-dealkylation sites (tertiary alicyclic amines) is 2. The predicted molar refractivity (Wildman–Crippen MR) is 312 cm³/mol. The number of carbonyl (C=O) groups is 5. The van der Waals surface area contributed by atoms with Crippen molar-refractivity contribution in [1.29, 1.82) is 0 Å². The summed E-state index contributed by atoms with van der Waals surface area (Å²) in [4.78, 5) is 93.9. The Morgan fingerprint density at radius 1 is 0.747 bits per heavy atom. The van der Waals surface area contributed by atoms with E-state index in [0.29, 0.717) is 104 Å². The highest BCUT2D eigenvalue weighted by Crippen LogP contribution is 2.31. The summed E-state index contributed by atoms with van der Waals surface area (Å²) in [7, 11) is 1.58. The average molecular weight is 1140 g/mol. The molecule has 0 radical (unpaired) electrons. The lowest BCUT2D eigenvalue weighted by atomic mass is 9.89. The summed E-state index contributed by atoms with van der Waals surface area (Å²) >= 11 is 0. The van der Waals surface area contributed by atoms with Gasteiger partial charge in [-0.3, -0.25) is 33.8 Å². The van der Waals surface area contributed by atoms with E-state index in [4.69, 9.17) is 18.9 Å². The quantitative estimate of drug-likeness (QED) is 0.0864. The number of ether oxygens (including phenoxy) is 4. The second-order valence-corrected chi connectivity index (χ2v) is 23.2. The molecule has 0 spiro atoms. The number of nitrogens with zero attached hydrogens (tertiary/aromatic N) is 8. The fourth-order valence-electron chi connectivity index (χ4n) is 11.7. The fraction of sp³-hybridized carbons (Fsp3) is 0.508. The van der Waals surface area contributed by atoms with Crippen molar-refractivity contribution in [3.05, 3.63) is 135 Å². The highest BCUT2D eigenvalue weighted by Gasteiger charge is 2.33. The number of hydrogen-bond acceptors (Lipinski definition) is 13. The summed E-state index contributed by atoms with van der Waals surface area (Å²) in [5.41, 5.74) is 2.62. The van der Waals surface area contributed by atoms with Crippen LogP contribution in [0, 0.1) is 11.7 Å². The highest BCUT2D eigenvalue weighted by molar-refractivity contribution is 5.95. The Hall–Kier alpha value is -7.42. The third kappa shape index (κ3) is 15.8. The normalized spacial score (nSPS) is 17.6. The van der Waals surface area contributed by atoms with Crippen LogP contribution < -0.4 is 15.0 Å². The van der Waals surface area contributed by atoms with Crippen molar-refractivity contribution in [3.63, 3.8) is 0 Å². The van der Waals surface area contributed by atoms with Crippen molar-refractivity contribution in [3.8, 4) is 11.5 Å². The van der Waals surface area contributed by atoms with Gasteiger partial charge >= 0.3 is 6.09 Å². The van der Waals surface area contributed by atoms with Crippen LogP contribution >= 0.6 is 0 Å². The Balaban J connectivity index is 0.663. The molecule has 5 amide bonds. The van der Waals surface area contributed by atoms with Crippen LogP contribution in [0.3, 0.4) is 0 Å². The zero-order chi connectivity index (χ0) is 58.6. The lowest BCUT2D eigenvalue weighted by molar-refractivity contribution is -0.137. The molecule has 4 fully saturated rings. The van der Waals surface area contributed by atoms with Gasteiger partial charge in [0.1, 0.15) is 36.1 Å². The van der Waals surface area contributed by atoms with Gasteiger partial charge in [0, 0.05) is 113 Å². The monoisotopic (exact) mass is 1140 g/mol. The third-order valence-corrected chi connectivity index (χ3v) is 16.3. The van der Waals surface area contributed by atoms with Crippen LogP contribution in [-0.4, -0.2) is 205 Å². The van der Waals surface area contributed by atoms with Crippen LogP contribution in [-0.2, 0) is 32.0 Å². The summed E-state index contributed by atoms with van der Waals surface area (Å²) in [6.07, 6.45) is 3.52. The first-order valence-electron chi connectivity index (χ1n) is 29.3. The van der Waals surface area contributed by atoms with Gasteiger partial charge in [0.25, 0.3) is 17.4 Å². The second-order valence-electron chi connectivity index (χ2n) is 23.2. The minimum absolute atomic E-state index is 0.0186. The molecule has 1 aromatic heterocycles. The van der Waals surface area contributed by atoms with E-state index < -0.39 is 23.4 Å². The molecule has 19 nitrogen and oxygen atoms in total. The summed E-state index contributed by atoms with van der Waals surface area (Å²) in [5.74, 6) is 0.450. The zero-order valence-electron chi connectivity index (χ0n) is 48.7. The molecule has 1 N–H and O–H groups in total. The zero-order valence-corrected chi connectivity index (χ0v) is 48.7. The molecule has 9 rings (SSSR count). The first kappa shape index (κ1) is 60.2. The first-order valence-corrected chi connectivity index (χ1v) is 29.3. The largest absolute Gasteiger partial charge is 0.497 e. The first-order chi connectivity index (χ1) is 40.0. The number of H-pyrrole nitrogens is 1.